The molecule has 0 saturated carbocycles. The van der Waals surface area contributed by atoms with Crippen LogP contribution < -0.4 is 5.73 Å². The van der Waals surface area contributed by atoms with Crippen LogP contribution in [0, 0.1) is 11.7 Å². The summed E-state index contributed by atoms with van der Waals surface area (Å²) < 4.78 is 16.2. The van der Waals surface area contributed by atoms with Crippen LogP contribution in [0.2, 0.25) is 5.02 Å². The van der Waals surface area contributed by atoms with Gasteiger partial charge in [-0.25, -0.2) is 9.18 Å². The molecule has 1 unspecified atom stereocenters. The number of nitrogens with zero attached hydrogens (tertiary/aromatic N) is 1. The van der Waals surface area contributed by atoms with Gasteiger partial charge in [0.25, 0.3) is 0 Å². The number of primary amides is 1. The van der Waals surface area contributed by atoms with Gasteiger partial charge in [-0.2, -0.15) is 0 Å². The van der Waals surface area contributed by atoms with Crippen molar-refractivity contribution in [1.29, 1.82) is 0 Å². The van der Waals surface area contributed by atoms with Crippen molar-refractivity contribution < 1.29 is 9.18 Å². The number of benzene rings is 2. The first kappa shape index (κ1) is 21.1. The molecule has 156 valence electrons. The summed E-state index contributed by atoms with van der Waals surface area (Å²) >= 11 is 9.25. The van der Waals surface area contributed by atoms with Crippen molar-refractivity contribution in [3.05, 3.63) is 74.6 Å². The van der Waals surface area contributed by atoms with Gasteiger partial charge in [-0.05, 0) is 79.8 Å². The molecule has 1 heterocycles. The maximum Gasteiger partial charge on any atom is 0.323 e. The van der Waals surface area contributed by atoms with Crippen LogP contribution >= 0.6 is 27.5 Å². The number of aromatic nitrogens is 1. The third-order valence-corrected chi connectivity index (χ3v) is 6.72. The van der Waals surface area contributed by atoms with Crippen LogP contribution in [0.15, 0.2) is 46.9 Å². The van der Waals surface area contributed by atoms with Gasteiger partial charge in [0, 0.05) is 15.6 Å². The minimum absolute atomic E-state index is 0.139. The first-order valence-electron chi connectivity index (χ1n) is 10.2. The Labute approximate surface area is 188 Å². The molecule has 0 fully saturated rings. The van der Waals surface area contributed by atoms with E-state index in [2.05, 4.69) is 28.1 Å². The molecule has 2 N–H and O–H groups in total. The predicted octanol–water partition coefficient (Wildman–Crippen LogP) is 7.11. The van der Waals surface area contributed by atoms with Crippen LogP contribution in [-0.4, -0.2) is 10.6 Å². The summed E-state index contributed by atoms with van der Waals surface area (Å²) in [6, 6.07) is 10.5. The van der Waals surface area contributed by atoms with Crippen LogP contribution in [0.1, 0.15) is 42.5 Å². The van der Waals surface area contributed by atoms with Gasteiger partial charge in [0.05, 0.1) is 10.5 Å². The standard InChI is InChI=1S/C24H23BrClFN2O/c25-17-9-10-19-18-6-2-4-15(3-1-5-16-7-11-20(26)21(27)13-16)8-12-22(18)29(24(28)30)23(19)14-17/h1,5,7,9-11,13-15H,2-4,6,8,12H2,(H2,28,30)/b5-1+. The van der Waals surface area contributed by atoms with Crippen LogP contribution in [0.4, 0.5) is 9.18 Å². The van der Waals surface area contributed by atoms with Gasteiger partial charge in [-0.15, -0.1) is 0 Å². The lowest BCUT2D eigenvalue weighted by Gasteiger charge is -2.20. The summed E-state index contributed by atoms with van der Waals surface area (Å²) in [6.07, 6.45) is 9.90. The van der Waals surface area contributed by atoms with Gasteiger partial charge in [-0.1, -0.05) is 51.8 Å². The van der Waals surface area contributed by atoms with E-state index in [1.54, 1.807) is 10.6 Å². The van der Waals surface area contributed by atoms with Gasteiger partial charge < -0.3 is 5.73 Å². The molecule has 1 aliphatic carbocycles. The Morgan fingerprint density at radius 3 is 2.83 bits per heavy atom. The van der Waals surface area contributed by atoms with Crippen molar-refractivity contribution >= 4 is 50.5 Å². The van der Waals surface area contributed by atoms with E-state index < -0.39 is 11.8 Å². The van der Waals surface area contributed by atoms with E-state index in [1.807, 2.05) is 24.3 Å². The number of carbonyl (C=O) groups is 1. The molecule has 3 aromatic rings. The SMILES string of the molecule is NC(=O)n1c2c(c3ccc(Br)cc31)CCCC(C/C=C/c1ccc(Cl)c(F)c1)CC2. The predicted molar refractivity (Wildman–Crippen MR) is 124 cm³/mol. The maximum absolute atomic E-state index is 13.6. The minimum Gasteiger partial charge on any atom is -0.351 e. The monoisotopic (exact) mass is 488 g/mol. The highest BCUT2D eigenvalue weighted by Crippen LogP contribution is 2.34. The smallest absolute Gasteiger partial charge is 0.323 e. The molecule has 0 bridgehead atoms. The summed E-state index contributed by atoms with van der Waals surface area (Å²) in [7, 11) is 0. The van der Waals surface area contributed by atoms with Crippen molar-refractivity contribution in [3.63, 3.8) is 0 Å². The largest absolute Gasteiger partial charge is 0.351 e. The van der Waals surface area contributed by atoms with E-state index in [0.717, 1.165) is 65.2 Å². The molecule has 0 spiro atoms. The number of hydrogen-bond donors (Lipinski definition) is 1. The number of hydrogen-bond acceptors (Lipinski definition) is 1. The zero-order chi connectivity index (χ0) is 21.3. The number of aryl methyl sites for hydroxylation is 1. The number of carbonyl (C=O) groups excluding carboxylic acids is 1. The second-order valence-electron chi connectivity index (χ2n) is 7.87. The van der Waals surface area contributed by atoms with E-state index in [4.69, 9.17) is 17.3 Å². The maximum atomic E-state index is 13.6. The summed E-state index contributed by atoms with van der Waals surface area (Å²) in [6.45, 7) is 0. The van der Waals surface area contributed by atoms with E-state index >= 15 is 0 Å². The molecule has 3 nitrogen and oxygen atoms in total. The number of allylic oxidation sites excluding steroid dienone is 1. The van der Waals surface area contributed by atoms with Crippen molar-refractivity contribution in [2.24, 2.45) is 11.7 Å². The number of rotatable bonds is 3. The molecule has 1 atom stereocenters. The second-order valence-corrected chi connectivity index (χ2v) is 9.19. The van der Waals surface area contributed by atoms with E-state index in [1.165, 1.54) is 11.6 Å². The Morgan fingerprint density at radius 2 is 2.07 bits per heavy atom. The molecule has 2 aromatic carbocycles. The van der Waals surface area contributed by atoms with Gasteiger partial charge in [0.2, 0.25) is 0 Å². The lowest BCUT2D eigenvalue weighted by atomic mass is 9.87. The first-order valence-corrected chi connectivity index (χ1v) is 11.3. The number of amides is 1. The van der Waals surface area contributed by atoms with Crippen molar-refractivity contribution in [1.82, 2.24) is 4.57 Å². The molecule has 0 saturated heterocycles. The average Bonchev–Trinajstić information content (AvgIpc) is 2.98. The average molecular weight is 490 g/mol. The minimum atomic E-state index is -0.430. The highest BCUT2D eigenvalue weighted by Gasteiger charge is 2.23. The molecular weight excluding hydrogens is 467 g/mol. The molecule has 6 heteroatoms. The Kier molecular flexibility index (Phi) is 6.30. The summed E-state index contributed by atoms with van der Waals surface area (Å²) in [5.74, 6) is 0.112. The number of fused-ring (bicyclic) bond motifs is 3. The van der Waals surface area contributed by atoms with Crippen molar-refractivity contribution in [2.45, 2.75) is 38.5 Å². The summed E-state index contributed by atoms with van der Waals surface area (Å²) in [4.78, 5) is 12.2. The fraction of sp³-hybridized carbons (Fsp3) is 0.292. The fourth-order valence-electron chi connectivity index (χ4n) is 4.48. The third-order valence-electron chi connectivity index (χ3n) is 5.92. The number of halogens is 3. The third kappa shape index (κ3) is 4.33. The normalized spacial score (nSPS) is 17.1. The molecule has 0 radical (unpaired) electrons. The Bertz CT molecular complexity index is 1140. The Morgan fingerprint density at radius 1 is 1.23 bits per heavy atom. The van der Waals surface area contributed by atoms with Crippen LogP contribution in [0.3, 0.4) is 0 Å². The summed E-state index contributed by atoms with van der Waals surface area (Å²) in [5, 5.41) is 1.26. The Balaban J connectivity index is 1.53. The zero-order valence-corrected chi connectivity index (χ0v) is 18.8. The van der Waals surface area contributed by atoms with Crippen molar-refractivity contribution in [2.75, 3.05) is 0 Å². The van der Waals surface area contributed by atoms with Gasteiger partial charge in [-0.3, -0.25) is 4.57 Å². The topological polar surface area (TPSA) is 48.0 Å². The van der Waals surface area contributed by atoms with Gasteiger partial charge in [0.15, 0.2) is 0 Å². The summed E-state index contributed by atoms with van der Waals surface area (Å²) in [5.41, 5.74) is 9.73. The highest BCUT2D eigenvalue weighted by molar-refractivity contribution is 9.10. The molecule has 1 aliphatic rings. The van der Waals surface area contributed by atoms with E-state index in [9.17, 15) is 9.18 Å². The van der Waals surface area contributed by atoms with Gasteiger partial charge >= 0.3 is 6.03 Å². The molecular formula is C24H23BrClFN2O. The second kappa shape index (κ2) is 8.94. The lowest BCUT2D eigenvalue weighted by molar-refractivity contribution is 0.250. The molecule has 1 aromatic heterocycles. The first-order chi connectivity index (χ1) is 14.4. The molecule has 4 rings (SSSR count). The molecule has 1 amide bonds. The van der Waals surface area contributed by atoms with Crippen LogP contribution in [0.25, 0.3) is 17.0 Å². The van der Waals surface area contributed by atoms with Crippen molar-refractivity contribution in [3.8, 4) is 0 Å². The lowest BCUT2D eigenvalue weighted by Crippen LogP contribution is -2.22. The number of nitrogens with two attached hydrogens (primary N) is 1. The highest BCUT2D eigenvalue weighted by atomic mass is 79.9. The molecule has 0 aliphatic heterocycles. The quantitative estimate of drug-likeness (QED) is 0.418. The molecule has 30 heavy (non-hydrogen) atoms. The van der Waals surface area contributed by atoms with Crippen LogP contribution in [0.5, 0.6) is 0 Å². The van der Waals surface area contributed by atoms with Gasteiger partial charge in [0.1, 0.15) is 5.82 Å². The zero-order valence-electron chi connectivity index (χ0n) is 16.5. The van der Waals surface area contributed by atoms with E-state index in [0.29, 0.717) is 5.92 Å². The fourth-order valence-corrected chi connectivity index (χ4v) is 4.94. The van der Waals surface area contributed by atoms with Crippen LogP contribution in [-0.2, 0) is 12.8 Å². The Hall–Kier alpha value is -2.11. The van der Waals surface area contributed by atoms with E-state index in [-0.39, 0.29) is 5.02 Å².